The highest BCUT2D eigenvalue weighted by molar-refractivity contribution is 8.00. The Bertz CT molecular complexity index is 1090. The van der Waals surface area contributed by atoms with Crippen molar-refractivity contribution in [3.63, 3.8) is 0 Å². The molecule has 0 bridgehead atoms. The van der Waals surface area contributed by atoms with E-state index >= 15 is 0 Å². The number of carbonyl (C=O) groups excluding carboxylic acids is 1. The monoisotopic (exact) mass is 501 g/mol. The van der Waals surface area contributed by atoms with Gasteiger partial charge < -0.3 is 14.9 Å². The molecule has 0 saturated heterocycles. The molecule has 13 heteroatoms. The molecule has 2 atom stereocenters. The lowest BCUT2D eigenvalue weighted by molar-refractivity contribution is -0.763. The van der Waals surface area contributed by atoms with Gasteiger partial charge in [-0.3, -0.25) is 4.72 Å². The molecule has 1 aliphatic rings. The van der Waals surface area contributed by atoms with Crippen LogP contribution in [0.1, 0.15) is 43.0 Å². The Morgan fingerprint density at radius 3 is 2.66 bits per heavy atom. The van der Waals surface area contributed by atoms with Crippen LogP contribution in [0.4, 0.5) is 4.79 Å². The van der Waals surface area contributed by atoms with Crippen molar-refractivity contribution in [1.82, 2.24) is 10.0 Å². The third-order valence-electron chi connectivity index (χ3n) is 4.92. The zero-order valence-corrected chi connectivity index (χ0v) is 19.8. The SMILES string of the molecule is CCNC1CC(C)S(=O)(=O)c2sc(SNC(=O)OCc3ccccc3CO[N+](=O)[O-])cc21. The molecule has 174 valence electrons. The summed E-state index contributed by atoms with van der Waals surface area (Å²) in [4.78, 5) is 26.9. The van der Waals surface area contributed by atoms with Gasteiger partial charge in [0.25, 0.3) is 5.09 Å². The molecule has 0 radical (unpaired) electrons. The number of carbonyl (C=O) groups is 1. The fraction of sp³-hybridized carbons (Fsp3) is 0.421. The molecular weight excluding hydrogens is 478 g/mol. The van der Waals surface area contributed by atoms with Crippen LogP contribution in [0.25, 0.3) is 0 Å². The molecule has 0 spiro atoms. The molecule has 2 aromatic rings. The van der Waals surface area contributed by atoms with E-state index in [2.05, 4.69) is 14.9 Å². The summed E-state index contributed by atoms with van der Waals surface area (Å²) in [5.41, 5.74) is 1.84. The van der Waals surface area contributed by atoms with Gasteiger partial charge in [-0.05, 0) is 42.6 Å². The smallest absolute Gasteiger partial charge is 0.417 e. The van der Waals surface area contributed by atoms with Gasteiger partial charge in [0, 0.05) is 18.0 Å². The highest BCUT2D eigenvalue weighted by Gasteiger charge is 2.38. The summed E-state index contributed by atoms with van der Waals surface area (Å²) in [5.74, 6) is 0. The van der Waals surface area contributed by atoms with Gasteiger partial charge in [0.2, 0.25) is 0 Å². The van der Waals surface area contributed by atoms with Crippen LogP contribution in [-0.2, 0) is 32.6 Å². The second kappa shape index (κ2) is 10.5. The lowest BCUT2D eigenvalue weighted by Crippen LogP contribution is -2.33. The summed E-state index contributed by atoms with van der Waals surface area (Å²) in [7, 11) is -3.39. The second-order valence-corrected chi connectivity index (χ2v) is 11.8. The molecule has 0 saturated carbocycles. The Hall–Kier alpha value is -2.35. The molecular formula is C19H23N3O7S3. The van der Waals surface area contributed by atoms with E-state index in [1.807, 2.05) is 6.92 Å². The van der Waals surface area contributed by atoms with Gasteiger partial charge in [0.15, 0.2) is 9.84 Å². The first-order chi connectivity index (χ1) is 15.2. The summed E-state index contributed by atoms with van der Waals surface area (Å²) >= 11 is 2.11. The molecule has 32 heavy (non-hydrogen) atoms. The molecule has 2 N–H and O–H groups in total. The van der Waals surface area contributed by atoms with E-state index in [1.54, 1.807) is 37.3 Å². The van der Waals surface area contributed by atoms with Crippen LogP contribution in [0.2, 0.25) is 0 Å². The first kappa shape index (κ1) is 24.3. The van der Waals surface area contributed by atoms with Crippen molar-refractivity contribution in [2.24, 2.45) is 0 Å². The van der Waals surface area contributed by atoms with Gasteiger partial charge in [-0.25, -0.2) is 13.2 Å². The first-order valence-corrected chi connectivity index (χ1v) is 12.9. The Morgan fingerprint density at radius 2 is 2.00 bits per heavy atom. The van der Waals surface area contributed by atoms with E-state index < -0.39 is 26.3 Å². The summed E-state index contributed by atoms with van der Waals surface area (Å²) in [5, 5.41) is 12.4. The number of amides is 1. The molecule has 1 aromatic heterocycles. The zero-order valence-electron chi connectivity index (χ0n) is 17.4. The van der Waals surface area contributed by atoms with Crippen LogP contribution in [-0.4, -0.2) is 31.4 Å². The number of sulfone groups is 1. The van der Waals surface area contributed by atoms with Crippen molar-refractivity contribution in [3.8, 4) is 0 Å². The normalized spacial score (nSPS) is 19.1. The molecule has 1 amide bonds. The number of hydrogen-bond donors (Lipinski definition) is 2. The number of benzene rings is 1. The Morgan fingerprint density at radius 1 is 1.31 bits per heavy atom. The van der Waals surface area contributed by atoms with Gasteiger partial charge in [0.05, 0.1) is 9.46 Å². The van der Waals surface area contributed by atoms with Crippen LogP contribution >= 0.6 is 23.3 Å². The van der Waals surface area contributed by atoms with Crippen LogP contribution in [0.15, 0.2) is 38.8 Å². The van der Waals surface area contributed by atoms with E-state index in [-0.39, 0.29) is 19.3 Å². The number of rotatable bonds is 9. The number of nitrogens with zero attached hydrogens (tertiary/aromatic N) is 1. The highest BCUT2D eigenvalue weighted by Crippen LogP contribution is 2.43. The quantitative estimate of drug-likeness (QED) is 0.300. The fourth-order valence-corrected chi connectivity index (χ4v) is 7.70. The van der Waals surface area contributed by atoms with Crippen LogP contribution in [0.5, 0.6) is 0 Å². The molecule has 3 rings (SSSR count). The van der Waals surface area contributed by atoms with E-state index in [0.717, 1.165) is 28.8 Å². The third kappa shape index (κ3) is 5.71. The first-order valence-electron chi connectivity index (χ1n) is 9.77. The average molecular weight is 502 g/mol. The summed E-state index contributed by atoms with van der Waals surface area (Å²) < 4.78 is 34.1. The minimum atomic E-state index is -3.39. The number of fused-ring (bicyclic) bond motifs is 1. The molecule has 0 aliphatic carbocycles. The van der Waals surface area contributed by atoms with Gasteiger partial charge in [-0.15, -0.1) is 21.5 Å². The average Bonchev–Trinajstić information content (AvgIpc) is 3.20. The van der Waals surface area contributed by atoms with Crippen molar-refractivity contribution in [2.45, 2.75) is 53.2 Å². The van der Waals surface area contributed by atoms with Crippen LogP contribution in [0, 0.1) is 10.1 Å². The Labute approximate surface area is 193 Å². The number of ether oxygens (including phenoxy) is 1. The van der Waals surface area contributed by atoms with Crippen molar-refractivity contribution >= 4 is 39.2 Å². The number of thiophene rings is 1. The summed E-state index contributed by atoms with van der Waals surface area (Å²) in [6, 6.07) is 8.48. The van der Waals surface area contributed by atoms with E-state index in [4.69, 9.17) is 4.74 Å². The van der Waals surface area contributed by atoms with Gasteiger partial charge in [-0.1, -0.05) is 31.2 Å². The van der Waals surface area contributed by atoms with E-state index in [9.17, 15) is 23.3 Å². The minimum absolute atomic E-state index is 0.0519. The maximum Gasteiger partial charge on any atom is 0.417 e. The molecule has 10 nitrogen and oxygen atoms in total. The maximum atomic E-state index is 12.7. The van der Waals surface area contributed by atoms with Gasteiger partial charge in [-0.2, -0.15) is 0 Å². The topological polar surface area (TPSA) is 137 Å². The maximum absolute atomic E-state index is 12.7. The van der Waals surface area contributed by atoms with Crippen molar-refractivity contribution in [3.05, 3.63) is 57.1 Å². The Balaban J connectivity index is 1.61. The molecule has 0 fully saturated rings. The predicted octanol–water partition coefficient (Wildman–Crippen LogP) is 3.61. The molecule has 2 unspecified atom stereocenters. The van der Waals surface area contributed by atoms with Crippen molar-refractivity contribution in [1.29, 1.82) is 0 Å². The number of hydrogen-bond acceptors (Lipinski definition) is 10. The van der Waals surface area contributed by atoms with Crippen molar-refractivity contribution < 1.29 is 27.9 Å². The summed E-state index contributed by atoms with van der Waals surface area (Å²) in [6.45, 7) is 4.05. The van der Waals surface area contributed by atoms with Crippen LogP contribution in [0.3, 0.4) is 0 Å². The minimum Gasteiger partial charge on any atom is -0.444 e. The lowest BCUT2D eigenvalue weighted by atomic mass is 10.1. The van der Waals surface area contributed by atoms with E-state index in [1.165, 1.54) is 0 Å². The predicted molar refractivity (Wildman–Crippen MR) is 119 cm³/mol. The highest BCUT2D eigenvalue weighted by atomic mass is 32.2. The van der Waals surface area contributed by atoms with Gasteiger partial charge in [0.1, 0.15) is 17.4 Å². The largest absolute Gasteiger partial charge is 0.444 e. The zero-order chi connectivity index (χ0) is 23.3. The lowest BCUT2D eigenvalue weighted by Gasteiger charge is -2.27. The second-order valence-electron chi connectivity index (χ2n) is 7.06. The standard InChI is InChI=1S/C19H23N3O7S3/c1-3-20-16-8-12(2)32(26,27)18-15(16)9-17(30-18)31-21-19(23)28-10-13-6-4-5-7-14(13)11-29-22(24)25/h4-7,9,12,16,20H,3,8,10-11H2,1-2H3,(H,21,23). The molecule has 1 aromatic carbocycles. The molecule has 1 aliphatic heterocycles. The van der Waals surface area contributed by atoms with Crippen molar-refractivity contribution in [2.75, 3.05) is 6.54 Å². The summed E-state index contributed by atoms with van der Waals surface area (Å²) in [6.07, 6.45) is -0.218. The Kier molecular flexibility index (Phi) is 7.98. The third-order valence-corrected chi connectivity index (χ3v) is 9.70. The molecule has 2 heterocycles. The van der Waals surface area contributed by atoms with Crippen LogP contribution < -0.4 is 10.0 Å². The number of nitrogens with one attached hydrogen (secondary N) is 2. The van der Waals surface area contributed by atoms with Gasteiger partial charge >= 0.3 is 6.09 Å². The fourth-order valence-electron chi connectivity index (χ4n) is 3.32. The van der Waals surface area contributed by atoms with E-state index in [0.29, 0.717) is 32.5 Å².